The number of aliphatic hydroxyl groups excluding tert-OH is 2. The maximum absolute atomic E-state index is 11.4. The minimum absolute atomic E-state index is 0.206. The predicted octanol–water partition coefficient (Wildman–Crippen LogP) is 0.930. The van der Waals surface area contributed by atoms with Crippen LogP contribution in [0.4, 0.5) is 0 Å². The van der Waals surface area contributed by atoms with Crippen molar-refractivity contribution in [3.8, 4) is 0 Å². The lowest BCUT2D eigenvalue weighted by Crippen LogP contribution is -2.31. The van der Waals surface area contributed by atoms with Crippen LogP contribution in [0.2, 0.25) is 0 Å². The molecular weight excluding hydrogens is 300 g/mol. The molecule has 1 saturated heterocycles. The fraction of sp³-hybridized carbons (Fsp3) is 0.625. The Morgan fingerprint density at radius 1 is 1.48 bits per heavy atom. The molecular formula is C16H26N2O5. The van der Waals surface area contributed by atoms with Gasteiger partial charge in [0.2, 0.25) is 0 Å². The number of hydrogen-bond acceptors (Lipinski definition) is 5. The fourth-order valence-corrected chi connectivity index (χ4v) is 2.19. The van der Waals surface area contributed by atoms with Crippen molar-refractivity contribution < 1.29 is 14.9 Å². The van der Waals surface area contributed by atoms with Crippen molar-refractivity contribution in [3.63, 3.8) is 0 Å². The van der Waals surface area contributed by atoms with Gasteiger partial charge in [0.25, 0.3) is 5.56 Å². The van der Waals surface area contributed by atoms with Gasteiger partial charge in [0.1, 0.15) is 12.3 Å². The number of allylic oxidation sites excluding steroid dienone is 2. The third-order valence-corrected chi connectivity index (χ3v) is 3.51. The average molecular weight is 326 g/mol. The van der Waals surface area contributed by atoms with Crippen LogP contribution < -0.4 is 11.2 Å². The molecule has 0 saturated carbocycles. The van der Waals surface area contributed by atoms with Gasteiger partial charge >= 0.3 is 5.69 Å². The molecule has 0 spiro atoms. The van der Waals surface area contributed by atoms with Crippen LogP contribution in [0.25, 0.3) is 0 Å². The standard InChI is InChI=1S/C9H12N2O5.C7H14/c12-4-6-5(13)3-8(16-6)11-2-1-7(14)10-9(11)15;1-3-5-7-6-4-2/h1-2,5-6,8,12-13H,3-4H2,(H,10,14,15);3,5H,4,6-7H2,1-2H3/t5-,6+,8+;/m0./s1. The number of ether oxygens (including phenoxy) is 1. The Labute approximate surface area is 135 Å². The van der Waals surface area contributed by atoms with Crippen LogP contribution in [0.1, 0.15) is 45.8 Å². The molecule has 1 aliphatic heterocycles. The van der Waals surface area contributed by atoms with Crippen molar-refractivity contribution in [3.05, 3.63) is 45.3 Å². The van der Waals surface area contributed by atoms with Crippen LogP contribution in [-0.2, 0) is 4.74 Å². The first kappa shape index (κ1) is 19.3. The van der Waals surface area contributed by atoms with Crippen molar-refractivity contribution in [2.24, 2.45) is 0 Å². The minimum atomic E-state index is -0.811. The van der Waals surface area contributed by atoms with Gasteiger partial charge in [-0.3, -0.25) is 14.3 Å². The number of aliphatic hydroxyl groups is 2. The maximum atomic E-state index is 11.4. The van der Waals surface area contributed by atoms with E-state index in [1.54, 1.807) is 0 Å². The van der Waals surface area contributed by atoms with Crippen molar-refractivity contribution in [1.82, 2.24) is 9.55 Å². The van der Waals surface area contributed by atoms with Crippen LogP contribution in [0.15, 0.2) is 34.0 Å². The summed E-state index contributed by atoms with van der Waals surface area (Å²) in [6.45, 7) is 3.97. The molecule has 3 N–H and O–H groups in total. The van der Waals surface area contributed by atoms with Crippen molar-refractivity contribution in [2.75, 3.05) is 6.61 Å². The van der Waals surface area contributed by atoms with Crippen LogP contribution in [0.5, 0.6) is 0 Å². The van der Waals surface area contributed by atoms with Gasteiger partial charge in [0, 0.05) is 18.7 Å². The molecule has 2 rings (SSSR count). The summed E-state index contributed by atoms with van der Waals surface area (Å²) in [5.41, 5.74) is -1.08. The van der Waals surface area contributed by atoms with Gasteiger partial charge in [0.05, 0.1) is 12.7 Å². The Balaban J connectivity index is 0.000000322. The Kier molecular flexibility index (Phi) is 8.53. The zero-order valence-corrected chi connectivity index (χ0v) is 13.6. The molecule has 3 atom stereocenters. The first-order valence-electron chi connectivity index (χ1n) is 7.90. The molecule has 0 aliphatic carbocycles. The van der Waals surface area contributed by atoms with E-state index in [-0.39, 0.29) is 13.0 Å². The Bertz CT molecular complexity index is 593. The smallest absolute Gasteiger partial charge is 0.330 e. The second kappa shape index (κ2) is 10.1. The highest BCUT2D eigenvalue weighted by molar-refractivity contribution is 4.88. The number of unbranched alkanes of at least 4 members (excludes halogenated alkanes) is 2. The summed E-state index contributed by atoms with van der Waals surface area (Å²) in [7, 11) is 0. The van der Waals surface area contributed by atoms with Crippen LogP contribution in [-0.4, -0.2) is 38.6 Å². The van der Waals surface area contributed by atoms with Gasteiger partial charge in [0.15, 0.2) is 0 Å². The van der Waals surface area contributed by atoms with E-state index in [9.17, 15) is 14.7 Å². The molecule has 0 amide bonds. The topological polar surface area (TPSA) is 105 Å². The highest BCUT2D eigenvalue weighted by Gasteiger charge is 2.34. The summed E-state index contributed by atoms with van der Waals surface area (Å²) in [6.07, 6.45) is 7.57. The van der Waals surface area contributed by atoms with E-state index in [4.69, 9.17) is 9.84 Å². The molecule has 1 aromatic rings. The van der Waals surface area contributed by atoms with E-state index in [0.29, 0.717) is 0 Å². The molecule has 0 radical (unpaired) electrons. The minimum Gasteiger partial charge on any atom is -0.394 e. The Morgan fingerprint density at radius 3 is 2.74 bits per heavy atom. The number of aromatic amines is 1. The van der Waals surface area contributed by atoms with Crippen molar-refractivity contribution in [1.29, 1.82) is 0 Å². The molecule has 130 valence electrons. The van der Waals surface area contributed by atoms with Crippen LogP contribution >= 0.6 is 0 Å². The summed E-state index contributed by atoms with van der Waals surface area (Å²) in [6, 6.07) is 1.20. The molecule has 7 heteroatoms. The third kappa shape index (κ3) is 6.13. The highest BCUT2D eigenvalue weighted by Crippen LogP contribution is 2.26. The van der Waals surface area contributed by atoms with Gasteiger partial charge in [-0.25, -0.2) is 4.79 Å². The number of aromatic nitrogens is 2. The van der Waals surface area contributed by atoms with Crippen molar-refractivity contribution >= 4 is 0 Å². The van der Waals surface area contributed by atoms with Gasteiger partial charge < -0.3 is 14.9 Å². The van der Waals surface area contributed by atoms with Crippen LogP contribution in [0, 0.1) is 0 Å². The summed E-state index contributed by atoms with van der Waals surface area (Å²) >= 11 is 0. The molecule has 0 aromatic carbocycles. The van der Waals surface area contributed by atoms with E-state index in [2.05, 4.69) is 31.0 Å². The lowest BCUT2D eigenvalue weighted by atomic mass is 10.2. The van der Waals surface area contributed by atoms with Gasteiger partial charge in [-0.15, -0.1) is 0 Å². The first-order valence-corrected chi connectivity index (χ1v) is 7.90. The van der Waals surface area contributed by atoms with Crippen LogP contribution in [0.3, 0.4) is 0 Å². The average Bonchev–Trinajstić information content (AvgIpc) is 2.89. The molecule has 0 unspecified atom stereocenters. The monoisotopic (exact) mass is 326 g/mol. The fourth-order valence-electron chi connectivity index (χ4n) is 2.19. The highest BCUT2D eigenvalue weighted by atomic mass is 16.5. The normalized spacial score (nSPS) is 23.7. The number of nitrogens with zero attached hydrogens (tertiary/aromatic N) is 1. The summed E-state index contributed by atoms with van der Waals surface area (Å²) in [4.78, 5) is 24.3. The number of hydrogen-bond donors (Lipinski definition) is 3. The predicted molar refractivity (Wildman–Crippen MR) is 87.3 cm³/mol. The van der Waals surface area contributed by atoms with Gasteiger partial charge in [-0.2, -0.15) is 0 Å². The molecule has 1 fully saturated rings. The van der Waals surface area contributed by atoms with Gasteiger partial charge in [-0.05, 0) is 13.3 Å². The van der Waals surface area contributed by atoms with E-state index in [0.717, 1.165) is 0 Å². The number of nitrogens with one attached hydrogen (secondary N) is 1. The van der Waals surface area contributed by atoms with E-state index in [1.165, 1.54) is 36.1 Å². The molecule has 2 heterocycles. The molecule has 1 aromatic heterocycles. The van der Waals surface area contributed by atoms with Gasteiger partial charge in [-0.1, -0.05) is 31.9 Å². The maximum Gasteiger partial charge on any atom is 0.330 e. The SMILES string of the molecule is CC=CCCCC.O=c1ccn([C@H]2C[C@H](O)[C@@H](CO)O2)c(=O)[nH]1. The Morgan fingerprint density at radius 2 is 2.22 bits per heavy atom. The summed E-state index contributed by atoms with van der Waals surface area (Å²) < 4.78 is 6.45. The lowest BCUT2D eigenvalue weighted by molar-refractivity contribution is -0.0459. The molecule has 0 bridgehead atoms. The first-order chi connectivity index (χ1) is 11.0. The third-order valence-electron chi connectivity index (χ3n) is 3.51. The molecule has 7 nitrogen and oxygen atoms in total. The zero-order chi connectivity index (χ0) is 17.2. The zero-order valence-electron chi connectivity index (χ0n) is 13.6. The molecule has 1 aliphatic rings. The largest absolute Gasteiger partial charge is 0.394 e. The summed E-state index contributed by atoms with van der Waals surface area (Å²) in [5, 5.41) is 18.4. The van der Waals surface area contributed by atoms with Crippen molar-refractivity contribution in [2.45, 2.75) is 58.0 Å². The Hall–Kier alpha value is -1.70. The molecule has 23 heavy (non-hydrogen) atoms. The van der Waals surface area contributed by atoms with E-state index < -0.39 is 29.7 Å². The second-order valence-electron chi connectivity index (χ2n) is 5.34. The summed E-state index contributed by atoms with van der Waals surface area (Å²) in [5.74, 6) is 0. The number of rotatable bonds is 5. The quantitative estimate of drug-likeness (QED) is 0.551. The lowest BCUT2D eigenvalue weighted by Gasteiger charge is -2.13. The number of H-pyrrole nitrogens is 1. The second-order valence-corrected chi connectivity index (χ2v) is 5.34. The van der Waals surface area contributed by atoms with E-state index in [1.807, 2.05) is 0 Å². The van der Waals surface area contributed by atoms with E-state index >= 15 is 0 Å².